The highest BCUT2D eigenvalue weighted by Gasteiger charge is 2.28. The Labute approximate surface area is 115 Å². The van der Waals surface area contributed by atoms with E-state index in [2.05, 4.69) is 32.0 Å². The Kier molecular flexibility index (Phi) is 4.97. The van der Waals surface area contributed by atoms with Crippen molar-refractivity contribution in [2.24, 2.45) is 5.92 Å². The van der Waals surface area contributed by atoms with Crippen LogP contribution in [0.1, 0.15) is 37.5 Å². The molecular weight excluding hydrogens is 240 g/mol. The lowest BCUT2D eigenvalue weighted by atomic mass is 9.91. The maximum Gasteiger partial charge on any atom is 0.0854 e. The summed E-state index contributed by atoms with van der Waals surface area (Å²) in [5.41, 5.74) is 2.55. The molecule has 2 rings (SSSR count). The largest absolute Gasteiger partial charge is 0.390 e. The molecule has 3 heteroatoms. The molecule has 106 valence electrons. The minimum atomic E-state index is -0.499. The highest BCUT2D eigenvalue weighted by molar-refractivity contribution is 5.31. The maximum atomic E-state index is 10.4. The number of ether oxygens (including phenoxy) is 2. The fourth-order valence-electron chi connectivity index (χ4n) is 2.90. The molecule has 1 N–H and O–H groups in total. The summed E-state index contributed by atoms with van der Waals surface area (Å²) >= 11 is 0. The number of benzene rings is 1. The van der Waals surface area contributed by atoms with Gasteiger partial charge in [-0.15, -0.1) is 0 Å². The van der Waals surface area contributed by atoms with Crippen LogP contribution in [0.25, 0.3) is 0 Å². The molecule has 1 aliphatic rings. The third-order valence-corrected chi connectivity index (χ3v) is 3.86. The van der Waals surface area contributed by atoms with Crippen LogP contribution in [0.4, 0.5) is 0 Å². The first-order chi connectivity index (χ1) is 9.13. The van der Waals surface area contributed by atoms with Crippen molar-refractivity contribution in [3.05, 3.63) is 35.4 Å². The summed E-state index contributed by atoms with van der Waals surface area (Å²) in [5, 5.41) is 10.4. The lowest BCUT2D eigenvalue weighted by Crippen LogP contribution is -2.35. The molecule has 0 saturated carbocycles. The van der Waals surface area contributed by atoms with Gasteiger partial charge in [0.2, 0.25) is 0 Å². The van der Waals surface area contributed by atoms with Crippen molar-refractivity contribution in [2.45, 2.75) is 45.0 Å². The molecule has 0 aromatic heterocycles. The molecule has 1 heterocycles. The van der Waals surface area contributed by atoms with E-state index < -0.39 is 6.10 Å². The van der Waals surface area contributed by atoms with E-state index in [9.17, 15) is 5.11 Å². The van der Waals surface area contributed by atoms with Crippen molar-refractivity contribution < 1.29 is 14.6 Å². The van der Waals surface area contributed by atoms with Gasteiger partial charge in [-0.25, -0.2) is 0 Å². The Morgan fingerprint density at radius 1 is 1.37 bits per heavy atom. The van der Waals surface area contributed by atoms with Gasteiger partial charge in [0, 0.05) is 13.5 Å². The van der Waals surface area contributed by atoms with Gasteiger partial charge in [0.1, 0.15) is 0 Å². The van der Waals surface area contributed by atoms with Crippen molar-refractivity contribution in [1.82, 2.24) is 0 Å². The number of aliphatic hydroxyl groups excluding tert-OH is 1. The van der Waals surface area contributed by atoms with Crippen LogP contribution in [0.3, 0.4) is 0 Å². The lowest BCUT2D eigenvalue weighted by molar-refractivity contribution is -0.0705. The summed E-state index contributed by atoms with van der Waals surface area (Å²) in [6.07, 6.45) is 0.893. The summed E-state index contributed by atoms with van der Waals surface area (Å²) in [6.45, 7) is 4.86. The van der Waals surface area contributed by atoms with E-state index >= 15 is 0 Å². The minimum absolute atomic E-state index is 0.0173. The highest BCUT2D eigenvalue weighted by atomic mass is 16.5. The number of aliphatic hydroxyl groups is 1. The van der Waals surface area contributed by atoms with Gasteiger partial charge in [-0.2, -0.15) is 0 Å². The van der Waals surface area contributed by atoms with Gasteiger partial charge in [-0.3, -0.25) is 0 Å². The van der Waals surface area contributed by atoms with Gasteiger partial charge in [0.25, 0.3) is 0 Å². The maximum absolute atomic E-state index is 10.4. The molecule has 0 aliphatic carbocycles. The zero-order chi connectivity index (χ0) is 13.8. The third kappa shape index (κ3) is 3.35. The van der Waals surface area contributed by atoms with E-state index in [1.54, 1.807) is 7.11 Å². The molecule has 0 saturated heterocycles. The number of rotatable bonds is 5. The van der Waals surface area contributed by atoms with Crippen molar-refractivity contribution >= 4 is 0 Å². The highest BCUT2D eigenvalue weighted by Crippen LogP contribution is 2.31. The van der Waals surface area contributed by atoms with Crippen molar-refractivity contribution in [2.75, 3.05) is 13.7 Å². The van der Waals surface area contributed by atoms with E-state index in [1.165, 1.54) is 11.1 Å². The zero-order valence-electron chi connectivity index (χ0n) is 12.0. The Balaban J connectivity index is 2.08. The van der Waals surface area contributed by atoms with Crippen LogP contribution in [0.15, 0.2) is 24.3 Å². The summed E-state index contributed by atoms with van der Waals surface area (Å²) in [4.78, 5) is 0. The topological polar surface area (TPSA) is 38.7 Å². The monoisotopic (exact) mass is 264 g/mol. The fraction of sp³-hybridized carbons (Fsp3) is 0.625. The second-order valence-electron chi connectivity index (χ2n) is 5.56. The van der Waals surface area contributed by atoms with Crippen LogP contribution in [-0.4, -0.2) is 31.0 Å². The molecule has 1 aliphatic heterocycles. The Morgan fingerprint density at radius 2 is 2.11 bits per heavy atom. The molecule has 19 heavy (non-hydrogen) atoms. The predicted octanol–water partition coefficient (Wildman–Crippen LogP) is 2.72. The zero-order valence-corrected chi connectivity index (χ0v) is 12.0. The number of methoxy groups -OCH3 is 1. The van der Waals surface area contributed by atoms with E-state index in [-0.39, 0.29) is 12.2 Å². The Morgan fingerprint density at radius 3 is 2.79 bits per heavy atom. The average Bonchev–Trinajstić information content (AvgIpc) is 2.39. The van der Waals surface area contributed by atoms with Crippen LogP contribution in [0.5, 0.6) is 0 Å². The van der Waals surface area contributed by atoms with Gasteiger partial charge in [0.05, 0.1) is 24.9 Å². The standard InChI is InChI=1S/C16H24O3/c1-11(2)16(18-3)14(17)10-15-13-7-5-4-6-12(13)8-9-19-15/h4-7,11,14-17H,8-10H2,1-3H3. The van der Waals surface area contributed by atoms with Gasteiger partial charge in [-0.1, -0.05) is 38.1 Å². The van der Waals surface area contributed by atoms with Crippen molar-refractivity contribution in [3.8, 4) is 0 Å². The first-order valence-corrected chi connectivity index (χ1v) is 7.03. The summed E-state index contributed by atoms with van der Waals surface area (Å²) in [6, 6.07) is 8.34. The Bertz CT molecular complexity index is 403. The summed E-state index contributed by atoms with van der Waals surface area (Å²) < 4.78 is 11.2. The van der Waals surface area contributed by atoms with Crippen LogP contribution < -0.4 is 0 Å². The van der Waals surface area contributed by atoms with Gasteiger partial charge < -0.3 is 14.6 Å². The molecule has 0 bridgehead atoms. The molecular formula is C16H24O3. The number of hydrogen-bond acceptors (Lipinski definition) is 3. The summed E-state index contributed by atoms with van der Waals surface area (Å²) in [5.74, 6) is 0.291. The molecule has 0 radical (unpaired) electrons. The number of fused-ring (bicyclic) bond motifs is 1. The SMILES string of the molecule is COC(C(C)C)C(O)CC1OCCc2ccccc21. The molecule has 1 aromatic carbocycles. The van der Waals surface area contributed by atoms with E-state index in [0.717, 1.165) is 13.0 Å². The van der Waals surface area contributed by atoms with Crippen molar-refractivity contribution in [1.29, 1.82) is 0 Å². The second-order valence-corrected chi connectivity index (χ2v) is 5.56. The smallest absolute Gasteiger partial charge is 0.0854 e. The van der Waals surface area contributed by atoms with Crippen LogP contribution in [-0.2, 0) is 15.9 Å². The molecule has 1 aromatic rings. The normalized spacial score (nSPS) is 22.1. The van der Waals surface area contributed by atoms with E-state index in [1.807, 2.05) is 6.07 Å². The molecule has 3 atom stereocenters. The molecule has 0 fully saturated rings. The van der Waals surface area contributed by atoms with Gasteiger partial charge in [0.15, 0.2) is 0 Å². The quantitative estimate of drug-likeness (QED) is 0.888. The lowest BCUT2D eigenvalue weighted by Gasteiger charge is -2.31. The second kappa shape index (κ2) is 6.51. The summed E-state index contributed by atoms with van der Waals surface area (Å²) in [7, 11) is 1.66. The molecule has 0 amide bonds. The van der Waals surface area contributed by atoms with Crippen LogP contribution >= 0.6 is 0 Å². The molecule has 3 unspecified atom stereocenters. The van der Waals surface area contributed by atoms with Crippen molar-refractivity contribution in [3.63, 3.8) is 0 Å². The van der Waals surface area contributed by atoms with Gasteiger partial charge >= 0.3 is 0 Å². The predicted molar refractivity (Wildman–Crippen MR) is 75.1 cm³/mol. The third-order valence-electron chi connectivity index (χ3n) is 3.86. The molecule has 3 nitrogen and oxygen atoms in total. The first-order valence-electron chi connectivity index (χ1n) is 7.03. The van der Waals surface area contributed by atoms with E-state index in [4.69, 9.17) is 9.47 Å². The minimum Gasteiger partial charge on any atom is -0.390 e. The van der Waals surface area contributed by atoms with Gasteiger partial charge in [-0.05, 0) is 23.5 Å². The van der Waals surface area contributed by atoms with Crippen LogP contribution in [0.2, 0.25) is 0 Å². The van der Waals surface area contributed by atoms with E-state index in [0.29, 0.717) is 12.3 Å². The number of hydrogen-bond donors (Lipinski definition) is 1. The Hall–Kier alpha value is -0.900. The molecule has 0 spiro atoms. The van der Waals surface area contributed by atoms with Crippen LogP contribution in [0, 0.1) is 5.92 Å². The average molecular weight is 264 g/mol. The fourth-order valence-corrected chi connectivity index (χ4v) is 2.90. The first kappa shape index (κ1) is 14.5.